The second-order valence-corrected chi connectivity index (χ2v) is 7.92. The molecule has 20 heavy (non-hydrogen) atoms. The van der Waals surface area contributed by atoms with Gasteiger partial charge in [0.15, 0.2) is 0 Å². The first-order chi connectivity index (χ1) is 9.19. The Balaban J connectivity index is 2.51. The fourth-order valence-corrected chi connectivity index (χ4v) is 3.79. The molecular weight excluding hydrogens is 250 g/mol. The lowest BCUT2D eigenvalue weighted by Gasteiger charge is -2.35. The summed E-state index contributed by atoms with van der Waals surface area (Å²) in [4.78, 5) is 14.4. The lowest BCUT2D eigenvalue weighted by Crippen LogP contribution is -2.35. The van der Waals surface area contributed by atoms with Crippen LogP contribution in [0.5, 0.6) is 0 Å². The standard InChI is InChI=1S/C17H33NO2/c1-7-9-16(2,3)13-17(4,5)11-15(19)18-10-8-14(12-18)20-6/h14H,7-13H2,1-6H3. The minimum absolute atomic E-state index is 0.0703. The number of hydrogen-bond acceptors (Lipinski definition) is 2. The minimum atomic E-state index is 0.0703. The van der Waals surface area contributed by atoms with Crippen molar-refractivity contribution >= 4 is 5.91 Å². The largest absolute Gasteiger partial charge is 0.380 e. The van der Waals surface area contributed by atoms with Crippen LogP contribution in [-0.2, 0) is 9.53 Å². The van der Waals surface area contributed by atoms with Gasteiger partial charge < -0.3 is 9.64 Å². The number of hydrogen-bond donors (Lipinski definition) is 0. The molecule has 0 aromatic rings. The molecule has 1 unspecified atom stereocenters. The lowest BCUT2D eigenvalue weighted by molar-refractivity contribution is -0.133. The van der Waals surface area contributed by atoms with E-state index in [0.717, 1.165) is 25.9 Å². The summed E-state index contributed by atoms with van der Waals surface area (Å²) in [7, 11) is 1.73. The van der Waals surface area contributed by atoms with Gasteiger partial charge in [0, 0.05) is 26.6 Å². The third-order valence-corrected chi connectivity index (χ3v) is 4.34. The smallest absolute Gasteiger partial charge is 0.223 e. The first kappa shape index (κ1) is 17.5. The van der Waals surface area contributed by atoms with Crippen LogP contribution < -0.4 is 0 Å². The van der Waals surface area contributed by atoms with Gasteiger partial charge in [0.05, 0.1) is 6.10 Å². The Labute approximate surface area is 125 Å². The third kappa shape index (κ3) is 5.43. The summed E-state index contributed by atoms with van der Waals surface area (Å²) < 4.78 is 5.34. The molecule has 0 bridgehead atoms. The van der Waals surface area contributed by atoms with E-state index in [4.69, 9.17) is 4.74 Å². The number of ether oxygens (including phenoxy) is 1. The van der Waals surface area contributed by atoms with Gasteiger partial charge in [-0.2, -0.15) is 0 Å². The average Bonchev–Trinajstić information content (AvgIpc) is 2.74. The molecule has 118 valence electrons. The molecule has 1 heterocycles. The maximum atomic E-state index is 12.4. The van der Waals surface area contributed by atoms with Crippen LogP contribution in [0.15, 0.2) is 0 Å². The van der Waals surface area contributed by atoms with Crippen molar-refractivity contribution in [1.29, 1.82) is 0 Å². The third-order valence-electron chi connectivity index (χ3n) is 4.34. The highest BCUT2D eigenvalue weighted by atomic mass is 16.5. The molecular formula is C17H33NO2. The van der Waals surface area contributed by atoms with Crippen molar-refractivity contribution in [2.75, 3.05) is 20.2 Å². The zero-order valence-corrected chi connectivity index (χ0v) is 14.3. The quantitative estimate of drug-likeness (QED) is 0.710. The first-order valence-electron chi connectivity index (χ1n) is 8.00. The zero-order chi connectivity index (χ0) is 15.4. The summed E-state index contributed by atoms with van der Waals surface area (Å²) in [5, 5.41) is 0. The summed E-state index contributed by atoms with van der Waals surface area (Å²) >= 11 is 0. The summed E-state index contributed by atoms with van der Waals surface area (Å²) in [6.45, 7) is 12.9. The van der Waals surface area contributed by atoms with E-state index in [2.05, 4.69) is 34.6 Å². The van der Waals surface area contributed by atoms with E-state index in [0.29, 0.717) is 17.7 Å². The minimum Gasteiger partial charge on any atom is -0.380 e. The Hall–Kier alpha value is -0.570. The number of carbonyl (C=O) groups excluding carboxylic acids is 1. The van der Waals surface area contributed by atoms with E-state index in [9.17, 15) is 4.79 Å². The topological polar surface area (TPSA) is 29.5 Å². The maximum Gasteiger partial charge on any atom is 0.223 e. The van der Waals surface area contributed by atoms with Crippen molar-refractivity contribution in [2.24, 2.45) is 10.8 Å². The van der Waals surface area contributed by atoms with Crippen LogP contribution in [0.2, 0.25) is 0 Å². The molecule has 1 aliphatic rings. The Morgan fingerprint density at radius 2 is 1.90 bits per heavy atom. The monoisotopic (exact) mass is 283 g/mol. The molecule has 0 N–H and O–H groups in total. The van der Waals surface area contributed by atoms with Crippen LogP contribution >= 0.6 is 0 Å². The summed E-state index contributed by atoms with van der Waals surface area (Å²) in [5.74, 6) is 0.293. The molecule has 0 spiro atoms. The van der Waals surface area contributed by atoms with Gasteiger partial charge >= 0.3 is 0 Å². The average molecular weight is 283 g/mol. The number of likely N-dealkylation sites (tertiary alicyclic amines) is 1. The second-order valence-electron chi connectivity index (χ2n) is 7.92. The summed E-state index contributed by atoms with van der Waals surface area (Å²) in [6, 6.07) is 0. The van der Waals surface area contributed by atoms with Crippen LogP contribution in [0.1, 0.15) is 66.7 Å². The van der Waals surface area contributed by atoms with E-state index < -0.39 is 0 Å². The molecule has 1 fully saturated rings. The Morgan fingerprint density at radius 3 is 2.40 bits per heavy atom. The number of rotatable bonds is 7. The zero-order valence-electron chi connectivity index (χ0n) is 14.3. The SMILES string of the molecule is CCCC(C)(C)CC(C)(C)CC(=O)N1CCC(OC)C1. The Morgan fingerprint density at radius 1 is 1.25 bits per heavy atom. The maximum absolute atomic E-state index is 12.4. The van der Waals surface area contributed by atoms with Gasteiger partial charge in [0.2, 0.25) is 5.91 Å². The molecule has 1 atom stereocenters. The molecule has 1 aliphatic heterocycles. The van der Waals surface area contributed by atoms with Gasteiger partial charge in [0.25, 0.3) is 0 Å². The highest BCUT2D eigenvalue weighted by molar-refractivity contribution is 5.77. The van der Waals surface area contributed by atoms with Gasteiger partial charge in [0.1, 0.15) is 0 Å². The Bertz CT molecular complexity index is 323. The van der Waals surface area contributed by atoms with Crippen LogP contribution in [0.3, 0.4) is 0 Å². The van der Waals surface area contributed by atoms with Crippen molar-refractivity contribution in [3.8, 4) is 0 Å². The van der Waals surface area contributed by atoms with Gasteiger partial charge in [-0.3, -0.25) is 4.79 Å². The molecule has 1 amide bonds. The van der Waals surface area contributed by atoms with Crippen LogP contribution in [0, 0.1) is 10.8 Å². The molecule has 0 aromatic carbocycles. The van der Waals surface area contributed by atoms with Crippen LogP contribution in [0.25, 0.3) is 0 Å². The molecule has 1 rings (SSSR count). The molecule has 3 nitrogen and oxygen atoms in total. The van der Waals surface area contributed by atoms with E-state index in [1.54, 1.807) is 7.11 Å². The van der Waals surface area contributed by atoms with Crippen LogP contribution in [-0.4, -0.2) is 37.1 Å². The van der Waals surface area contributed by atoms with E-state index in [1.807, 2.05) is 4.90 Å². The van der Waals surface area contributed by atoms with Crippen molar-refractivity contribution in [1.82, 2.24) is 4.90 Å². The summed E-state index contributed by atoms with van der Waals surface area (Å²) in [5.41, 5.74) is 0.388. The molecule has 0 radical (unpaired) electrons. The number of nitrogens with zero attached hydrogens (tertiary/aromatic N) is 1. The molecule has 0 aliphatic carbocycles. The predicted octanol–water partition coefficient (Wildman–Crippen LogP) is 3.87. The van der Waals surface area contributed by atoms with E-state index >= 15 is 0 Å². The van der Waals surface area contributed by atoms with Gasteiger partial charge in [-0.25, -0.2) is 0 Å². The highest BCUT2D eigenvalue weighted by Crippen LogP contribution is 2.39. The molecule has 0 aromatic heterocycles. The van der Waals surface area contributed by atoms with Gasteiger partial charge in [-0.15, -0.1) is 0 Å². The molecule has 3 heteroatoms. The lowest BCUT2D eigenvalue weighted by atomic mass is 9.71. The fraction of sp³-hybridized carbons (Fsp3) is 0.941. The number of amides is 1. The fourth-order valence-electron chi connectivity index (χ4n) is 3.79. The van der Waals surface area contributed by atoms with Crippen molar-refractivity contribution in [3.63, 3.8) is 0 Å². The van der Waals surface area contributed by atoms with Gasteiger partial charge in [-0.05, 0) is 30.1 Å². The Kier molecular flexibility index (Phi) is 6.06. The molecule has 0 saturated carbocycles. The number of methoxy groups -OCH3 is 1. The normalized spacial score (nSPS) is 20.5. The summed E-state index contributed by atoms with van der Waals surface area (Å²) in [6.07, 6.45) is 5.39. The highest BCUT2D eigenvalue weighted by Gasteiger charge is 2.33. The van der Waals surface area contributed by atoms with Gasteiger partial charge in [-0.1, -0.05) is 41.0 Å². The predicted molar refractivity (Wildman–Crippen MR) is 83.7 cm³/mol. The van der Waals surface area contributed by atoms with E-state index in [-0.39, 0.29) is 11.5 Å². The van der Waals surface area contributed by atoms with Crippen LogP contribution in [0.4, 0.5) is 0 Å². The molecule has 1 saturated heterocycles. The van der Waals surface area contributed by atoms with E-state index in [1.165, 1.54) is 12.8 Å². The second kappa shape index (κ2) is 6.93. The van der Waals surface area contributed by atoms with Crippen molar-refractivity contribution < 1.29 is 9.53 Å². The first-order valence-corrected chi connectivity index (χ1v) is 8.00. The number of carbonyl (C=O) groups is 1. The van der Waals surface area contributed by atoms with Crippen molar-refractivity contribution in [3.05, 3.63) is 0 Å². The van der Waals surface area contributed by atoms with Crippen molar-refractivity contribution in [2.45, 2.75) is 72.8 Å².